The summed E-state index contributed by atoms with van der Waals surface area (Å²) in [5, 5.41) is 3.63. The predicted molar refractivity (Wildman–Crippen MR) is 65.1 cm³/mol. The quantitative estimate of drug-likeness (QED) is 0.656. The molecule has 15 heavy (non-hydrogen) atoms. The minimum Gasteiger partial charge on any atom is -0.382 e. The highest BCUT2D eigenvalue weighted by Gasteiger charge is 2.22. The lowest BCUT2D eigenvalue weighted by atomic mass is 9.83. The standard InChI is InChI=1S/C13H27NO/c1-3-14-13(10-11-15-4-2)12-8-6-5-7-9-12/h12-14H,3-11H2,1-2H3. The molecule has 0 aromatic rings. The van der Waals surface area contributed by atoms with Gasteiger partial charge in [-0.15, -0.1) is 0 Å². The van der Waals surface area contributed by atoms with E-state index in [-0.39, 0.29) is 0 Å². The molecule has 2 heteroatoms. The molecule has 0 aromatic heterocycles. The van der Waals surface area contributed by atoms with Gasteiger partial charge in [0.2, 0.25) is 0 Å². The maximum atomic E-state index is 5.46. The van der Waals surface area contributed by atoms with E-state index in [0.717, 1.165) is 25.7 Å². The Bertz CT molecular complexity index is 143. The van der Waals surface area contributed by atoms with Crippen molar-refractivity contribution in [1.29, 1.82) is 0 Å². The van der Waals surface area contributed by atoms with Gasteiger partial charge in [-0.05, 0) is 38.6 Å². The van der Waals surface area contributed by atoms with Crippen LogP contribution in [0, 0.1) is 5.92 Å². The normalized spacial score (nSPS) is 20.4. The maximum Gasteiger partial charge on any atom is 0.0480 e. The summed E-state index contributed by atoms with van der Waals surface area (Å²) in [4.78, 5) is 0. The van der Waals surface area contributed by atoms with Gasteiger partial charge >= 0.3 is 0 Å². The fourth-order valence-electron chi connectivity index (χ4n) is 2.66. The molecule has 1 rings (SSSR count). The van der Waals surface area contributed by atoms with Gasteiger partial charge in [0.25, 0.3) is 0 Å². The van der Waals surface area contributed by atoms with E-state index in [2.05, 4.69) is 19.2 Å². The minimum atomic E-state index is 0.696. The van der Waals surface area contributed by atoms with Gasteiger partial charge in [-0.25, -0.2) is 0 Å². The molecule has 1 fully saturated rings. The second-order valence-corrected chi connectivity index (χ2v) is 4.55. The summed E-state index contributed by atoms with van der Waals surface area (Å²) in [6.07, 6.45) is 8.34. The van der Waals surface area contributed by atoms with Gasteiger partial charge in [-0.1, -0.05) is 26.2 Å². The Morgan fingerprint density at radius 2 is 1.93 bits per heavy atom. The zero-order valence-electron chi connectivity index (χ0n) is 10.4. The number of nitrogens with one attached hydrogen (secondary N) is 1. The Morgan fingerprint density at radius 3 is 2.53 bits per heavy atom. The fraction of sp³-hybridized carbons (Fsp3) is 1.00. The maximum absolute atomic E-state index is 5.46. The number of rotatable bonds is 7. The fourth-order valence-corrected chi connectivity index (χ4v) is 2.66. The zero-order chi connectivity index (χ0) is 10.9. The van der Waals surface area contributed by atoms with Crippen molar-refractivity contribution >= 4 is 0 Å². The van der Waals surface area contributed by atoms with Crippen LogP contribution < -0.4 is 5.32 Å². The van der Waals surface area contributed by atoms with Crippen LogP contribution in [0.2, 0.25) is 0 Å². The van der Waals surface area contributed by atoms with E-state index in [1.807, 2.05) is 0 Å². The molecule has 0 saturated heterocycles. The highest BCUT2D eigenvalue weighted by atomic mass is 16.5. The van der Waals surface area contributed by atoms with Crippen molar-refractivity contribution in [3.05, 3.63) is 0 Å². The van der Waals surface area contributed by atoms with Gasteiger partial charge in [0.15, 0.2) is 0 Å². The highest BCUT2D eigenvalue weighted by molar-refractivity contribution is 4.78. The molecule has 1 aliphatic rings. The molecule has 2 nitrogen and oxygen atoms in total. The predicted octanol–water partition coefficient (Wildman–Crippen LogP) is 2.97. The minimum absolute atomic E-state index is 0.696. The molecule has 0 heterocycles. The van der Waals surface area contributed by atoms with Crippen molar-refractivity contribution in [2.24, 2.45) is 5.92 Å². The molecule has 0 aromatic carbocycles. The Morgan fingerprint density at radius 1 is 1.20 bits per heavy atom. The van der Waals surface area contributed by atoms with E-state index in [9.17, 15) is 0 Å². The molecule has 90 valence electrons. The number of ether oxygens (including phenoxy) is 1. The molecule has 0 bridgehead atoms. The number of hydrogen-bond donors (Lipinski definition) is 1. The first-order chi connectivity index (χ1) is 7.38. The van der Waals surface area contributed by atoms with Crippen molar-refractivity contribution in [3.8, 4) is 0 Å². The van der Waals surface area contributed by atoms with Crippen molar-refractivity contribution in [2.45, 2.75) is 58.4 Å². The Hall–Kier alpha value is -0.0800. The molecule has 0 amide bonds. The molecule has 1 saturated carbocycles. The van der Waals surface area contributed by atoms with Crippen LogP contribution in [0.5, 0.6) is 0 Å². The van der Waals surface area contributed by atoms with E-state index in [4.69, 9.17) is 4.74 Å². The Labute approximate surface area is 94.8 Å². The van der Waals surface area contributed by atoms with Crippen LogP contribution in [0.1, 0.15) is 52.4 Å². The molecule has 1 N–H and O–H groups in total. The van der Waals surface area contributed by atoms with E-state index in [0.29, 0.717) is 6.04 Å². The first-order valence-electron chi connectivity index (χ1n) is 6.69. The SMILES string of the molecule is CCNC(CCOCC)C1CCCCC1. The average molecular weight is 213 g/mol. The van der Waals surface area contributed by atoms with Gasteiger partial charge in [-0.2, -0.15) is 0 Å². The summed E-state index contributed by atoms with van der Waals surface area (Å²) in [6, 6.07) is 0.696. The topological polar surface area (TPSA) is 21.3 Å². The molecular formula is C13H27NO. The van der Waals surface area contributed by atoms with Crippen LogP contribution in [-0.2, 0) is 4.74 Å². The lowest BCUT2D eigenvalue weighted by molar-refractivity contribution is 0.123. The molecule has 1 atom stereocenters. The first-order valence-corrected chi connectivity index (χ1v) is 6.69. The molecule has 0 spiro atoms. The van der Waals surface area contributed by atoms with Crippen LogP contribution in [0.4, 0.5) is 0 Å². The monoisotopic (exact) mass is 213 g/mol. The van der Waals surface area contributed by atoms with Crippen molar-refractivity contribution in [2.75, 3.05) is 19.8 Å². The summed E-state index contributed by atoms with van der Waals surface area (Å²) < 4.78 is 5.46. The van der Waals surface area contributed by atoms with Crippen molar-refractivity contribution < 1.29 is 4.74 Å². The van der Waals surface area contributed by atoms with E-state index in [1.54, 1.807) is 0 Å². The lowest BCUT2D eigenvalue weighted by Crippen LogP contribution is -2.38. The van der Waals surface area contributed by atoms with Crippen LogP contribution >= 0.6 is 0 Å². The third-order valence-corrected chi connectivity index (χ3v) is 3.46. The Balaban J connectivity index is 2.26. The summed E-state index contributed by atoms with van der Waals surface area (Å²) in [6.45, 7) is 7.14. The third kappa shape index (κ3) is 4.98. The van der Waals surface area contributed by atoms with Gasteiger partial charge in [0, 0.05) is 19.3 Å². The summed E-state index contributed by atoms with van der Waals surface area (Å²) in [5.74, 6) is 0.902. The largest absolute Gasteiger partial charge is 0.382 e. The van der Waals surface area contributed by atoms with E-state index >= 15 is 0 Å². The molecule has 1 unspecified atom stereocenters. The summed E-state index contributed by atoms with van der Waals surface area (Å²) >= 11 is 0. The van der Waals surface area contributed by atoms with Gasteiger partial charge in [-0.3, -0.25) is 0 Å². The van der Waals surface area contributed by atoms with E-state index < -0.39 is 0 Å². The van der Waals surface area contributed by atoms with Crippen molar-refractivity contribution in [1.82, 2.24) is 5.32 Å². The first kappa shape index (κ1) is 13.0. The van der Waals surface area contributed by atoms with Crippen LogP contribution in [0.15, 0.2) is 0 Å². The van der Waals surface area contributed by atoms with Crippen LogP contribution in [-0.4, -0.2) is 25.8 Å². The van der Waals surface area contributed by atoms with Gasteiger partial charge in [0.1, 0.15) is 0 Å². The van der Waals surface area contributed by atoms with Crippen LogP contribution in [0.3, 0.4) is 0 Å². The van der Waals surface area contributed by atoms with E-state index in [1.165, 1.54) is 38.5 Å². The average Bonchev–Trinajstić information content (AvgIpc) is 2.29. The second kappa shape index (κ2) is 8.12. The zero-order valence-corrected chi connectivity index (χ0v) is 10.4. The molecular weight excluding hydrogens is 186 g/mol. The molecule has 0 aliphatic heterocycles. The highest BCUT2D eigenvalue weighted by Crippen LogP contribution is 2.27. The van der Waals surface area contributed by atoms with Crippen molar-refractivity contribution in [3.63, 3.8) is 0 Å². The Kier molecular flexibility index (Phi) is 7.03. The van der Waals surface area contributed by atoms with Crippen LogP contribution in [0.25, 0.3) is 0 Å². The summed E-state index contributed by atoms with van der Waals surface area (Å²) in [7, 11) is 0. The molecule has 0 radical (unpaired) electrons. The smallest absolute Gasteiger partial charge is 0.0480 e. The molecule has 1 aliphatic carbocycles. The van der Waals surface area contributed by atoms with Gasteiger partial charge < -0.3 is 10.1 Å². The van der Waals surface area contributed by atoms with Gasteiger partial charge in [0.05, 0.1) is 0 Å². The number of hydrogen-bond acceptors (Lipinski definition) is 2. The summed E-state index contributed by atoms with van der Waals surface area (Å²) in [5.41, 5.74) is 0. The second-order valence-electron chi connectivity index (χ2n) is 4.55. The third-order valence-electron chi connectivity index (χ3n) is 3.46. The lowest BCUT2D eigenvalue weighted by Gasteiger charge is -2.30.